The number of carboxylic acid groups (broad SMARTS) is 1. The summed E-state index contributed by atoms with van der Waals surface area (Å²) < 4.78 is 63.4. The number of carbonyl (C=O) groups is 1. The highest BCUT2D eigenvalue weighted by atomic mass is 35.5. The van der Waals surface area contributed by atoms with E-state index in [-0.39, 0.29) is 15.7 Å². The zero-order valence-electron chi connectivity index (χ0n) is 19.7. The Morgan fingerprint density at radius 2 is 1.76 bits per heavy atom. The van der Waals surface area contributed by atoms with Gasteiger partial charge in [0.2, 0.25) is 10.0 Å². The maximum absolute atomic E-state index is 13.8. The van der Waals surface area contributed by atoms with Gasteiger partial charge in [0.15, 0.2) is 0 Å². The van der Waals surface area contributed by atoms with Crippen molar-refractivity contribution in [3.05, 3.63) is 77.3 Å². The summed E-state index contributed by atoms with van der Waals surface area (Å²) in [4.78, 5) is 11.6. The van der Waals surface area contributed by atoms with E-state index in [0.29, 0.717) is 36.1 Å². The summed E-state index contributed by atoms with van der Waals surface area (Å²) in [6, 6.07) is 17.1. The van der Waals surface area contributed by atoms with Crippen molar-refractivity contribution in [1.82, 2.24) is 4.31 Å². The third-order valence-corrected chi connectivity index (χ3v) is 8.69. The minimum absolute atomic E-state index is 0.221. The first-order chi connectivity index (χ1) is 17.6. The molecule has 4 rings (SSSR count). The fourth-order valence-corrected chi connectivity index (χ4v) is 6.69. The topological polar surface area (TPSA) is 93.1 Å². The molecule has 0 amide bonds. The zero-order valence-corrected chi connectivity index (χ0v) is 21.3. The molecule has 0 unspecified atom stereocenters. The highest BCUT2D eigenvalue weighted by molar-refractivity contribution is 7.89. The average Bonchev–Trinajstić information content (AvgIpc) is 2.83. The Balaban J connectivity index is 1.82. The number of aliphatic carboxylic acids is 1. The second-order valence-electron chi connectivity index (χ2n) is 8.54. The normalized spacial score (nSPS) is 14.9. The Labute approximate surface area is 218 Å². The number of rotatable bonds is 10. The second kappa shape index (κ2) is 10.6. The third-order valence-electron chi connectivity index (χ3n) is 6.45. The molecule has 0 saturated heterocycles. The molecule has 0 aliphatic heterocycles. The van der Waals surface area contributed by atoms with Crippen LogP contribution in [0.4, 0.5) is 8.78 Å². The lowest BCUT2D eigenvalue weighted by molar-refractivity contribution is -0.139. The minimum atomic E-state index is -4.40. The Hall–Kier alpha value is -3.21. The Bertz CT molecular complexity index is 1380. The van der Waals surface area contributed by atoms with Crippen LogP contribution < -0.4 is 9.47 Å². The lowest BCUT2D eigenvalue weighted by Crippen LogP contribution is -2.55. The van der Waals surface area contributed by atoms with Gasteiger partial charge in [0.1, 0.15) is 18.0 Å². The molecule has 196 valence electrons. The van der Waals surface area contributed by atoms with Crippen LogP contribution in [0, 0.1) is 0 Å². The highest BCUT2D eigenvalue weighted by Crippen LogP contribution is 2.52. The number of hydrogen-bond donors (Lipinski definition) is 1. The first kappa shape index (κ1) is 26.8. The van der Waals surface area contributed by atoms with Crippen LogP contribution in [0.2, 0.25) is 5.02 Å². The fourth-order valence-electron chi connectivity index (χ4n) is 4.60. The van der Waals surface area contributed by atoms with Crippen LogP contribution in [-0.4, -0.2) is 44.1 Å². The van der Waals surface area contributed by atoms with E-state index >= 15 is 0 Å². The molecule has 1 saturated carbocycles. The Kier molecular flexibility index (Phi) is 7.72. The fraction of sp³-hybridized carbons (Fsp3) is 0.269. The van der Waals surface area contributed by atoms with Crippen LogP contribution >= 0.6 is 11.6 Å². The molecule has 0 spiro atoms. The van der Waals surface area contributed by atoms with Gasteiger partial charge in [-0.2, -0.15) is 13.1 Å². The van der Waals surface area contributed by atoms with Crippen LogP contribution in [-0.2, 0) is 20.4 Å². The number of methoxy groups -OCH3 is 1. The van der Waals surface area contributed by atoms with Gasteiger partial charge < -0.3 is 14.6 Å². The molecule has 37 heavy (non-hydrogen) atoms. The highest BCUT2D eigenvalue weighted by Gasteiger charge is 2.51. The molecule has 0 radical (unpaired) electrons. The SMILES string of the molecule is COc1cc(C2(N(CC(=O)O)S(=O)(=O)c3ccc(OC(F)F)cc3)CCC2)c(Cl)cc1-c1ccccc1. The first-order valence-corrected chi connectivity index (χ1v) is 13.1. The smallest absolute Gasteiger partial charge is 0.387 e. The molecule has 1 fully saturated rings. The predicted octanol–water partition coefficient (Wildman–Crippen LogP) is 5.77. The van der Waals surface area contributed by atoms with Gasteiger partial charge >= 0.3 is 12.6 Å². The quantitative estimate of drug-likeness (QED) is 0.344. The second-order valence-corrected chi connectivity index (χ2v) is 10.8. The summed E-state index contributed by atoms with van der Waals surface area (Å²) in [5.41, 5.74) is 0.735. The predicted molar refractivity (Wildman–Crippen MR) is 134 cm³/mol. The molecule has 11 heteroatoms. The molecule has 0 atom stereocenters. The van der Waals surface area contributed by atoms with Gasteiger partial charge in [-0.25, -0.2) is 8.42 Å². The molecule has 0 bridgehead atoms. The van der Waals surface area contributed by atoms with E-state index in [9.17, 15) is 27.1 Å². The van der Waals surface area contributed by atoms with E-state index in [4.69, 9.17) is 16.3 Å². The summed E-state index contributed by atoms with van der Waals surface area (Å²) in [6.45, 7) is -3.89. The van der Waals surface area contributed by atoms with Crippen molar-refractivity contribution in [3.8, 4) is 22.6 Å². The number of benzene rings is 3. The molecule has 7 nitrogen and oxygen atoms in total. The van der Waals surface area contributed by atoms with Gasteiger partial charge in [-0.1, -0.05) is 41.9 Å². The number of sulfonamides is 1. The Morgan fingerprint density at radius 1 is 1.11 bits per heavy atom. The van der Waals surface area contributed by atoms with Crippen LogP contribution in [0.25, 0.3) is 11.1 Å². The number of hydrogen-bond acceptors (Lipinski definition) is 5. The van der Waals surface area contributed by atoms with Crippen molar-refractivity contribution in [3.63, 3.8) is 0 Å². The number of ether oxygens (including phenoxy) is 2. The maximum atomic E-state index is 13.8. The van der Waals surface area contributed by atoms with E-state index < -0.39 is 34.7 Å². The summed E-state index contributed by atoms with van der Waals surface area (Å²) >= 11 is 6.74. The van der Waals surface area contributed by atoms with E-state index in [1.165, 1.54) is 7.11 Å². The number of nitrogens with zero attached hydrogens (tertiary/aromatic N) is 1. The monoisotopic (exact) mass is 551 g/mol. The molecule has 3 aromatic rings. The van der Waals surface area contributed by atoms with Gasteiger partial charge in [-0.15, -0.1) is 0 Å². The molecule has 3 aromatic carbocycles. The van der Waals surface area contributed by atoms with Gasteiger partial charge in [0.05, 0.1) is 17.5 Å². The van der Waals surface area contributed by atoms with Crippen LogP contribution in [0.5, 0.6) is 11.5 Å². The van der Waals surface area contributed by atoms with Crippen LogP contribution in [0.1, 0.15) is 24.8 Å². The third kappa shape index (κ3) is 5.27. The molecule has 1 aliphatic rings. The van der Waals surface area contributed by atoms with E-state index in [2.05, 4.69) is 4.74 Å². The van der Waals surface area contributed by atoms with Crippen LogP contribution in [0.15, 0.2) is 71.6 Å². The van der Waals surface area contributed by atoms with Gasteiger partial charge in [0.25, 0.3) is 0 Å². The Morgan fingerprint density at radius 3 is 2.27 bits per heavy atom. The van der Waals surface area contributed by atoms with Crippen molar-refractivity contribution < 1.29 is 36.6 Å². The number of halogens is 3. The number of alkyl halides is 2. The molecule has 0 heterocycles. The zero-order chi connectivity index (χ0) is 26.8. The first-order valence-electron chi connectivity index (χ1n) is 11.3. The summed E-state index contributed by atoms with van der Waals surface area (Å²) in [5, 5.41) is 9.93. The molecular formula is C26H24ClF2NO6S. The minimum Gasteiger partial charge on any atom is -0.496 e. The largest absolute Gasteiger partial charge is 0.496 e. The van der Waals surface area contributed by atoms with Crippen LogP contribution in [0.3, 0.4) is 0 Å². The number of carboxylic acids is 1. The molecule has 0 aromatic heterocycles. The van der Waals surface area contributed by atoms with Crippen molar-refractivity contribution in [2.75, 3.05) is 13.7 Å². The molecular weight excluding hydrogens is 528 g/mol. The average molecular weight is 552 g/mol. The van der Waals surface area contributed by atoms with E-state index in [1.54, 1.807) is 12.1 Å². The van der Waals surface area contributed by atoms with E-state index in [0.717, 1.165) is 34.1 Å². The summed E-state index contributed by atoms with van der Waals surface area (Å²) in [5.74, 6) is -1.11. The van der Waals surface area contributed by atoms with Crippen molar-refractivity contribution in [2.45, 2.75) is 36.3 Å². The molecule has 1 N–H and O–H groups in total. The van der Waals surface area contributed by atoms with Gasteiger partial charge in [0, 0.05) is 10.6 Å². The standard InChI is InChI=1S/C26H24ClF2NO6S/c1-35-23-15-21(22(27)14-20(23)17-6-3-2-4-7-17)26(12-5-13-26)30(16-24(31)32)37(33,34)19-10-8-18(9-11-19)36-25(28)29/h2-4,6-11,14-15,25H,5,12-13,16H2,1H3,(H,31,32). The summed E-state index contributed by atoms with van der Waals surface area (Å²) in [6.07, 6.45) is 1.31. The molecule has 1 aliphatic carbocycles. The van der Waals surface area contributed by atoms with Crippen molar-refractivity contribution >= 4 is 27.6 Å². The van der Waals surface area contributed by atoms with Gasteiger partial charge in [-0.05, 0) is 66.8 Å². The van der Waals surface area contributed by atoms with E-state index in [1.807, 2.05) is 30.3 Å². The lowest BCUT2D eigenvalue weighted by Gasteiger charge is -2.49. The maximum Gasteiger partial charge on any atom is 0.387 e. The van der Waals surface area contributed by atoms with Crippen molar-refractivity contribution in [2.24, 2.45) is 0 Å². The van der Waals surface area contributed by atoms with Crippen molar-refractivity contribution in [1.29, 1.82) is 0 Å². The summed E-state index contributed by atoms with van der Waals surface area (Å²) in [7, 11) is -2.91. The van der Waals surface area contributed by atoms with Gasteiger partial charge in [-0.3, -0.25) is 4.79 Å². The lowest BCUT2D eigenvalue weighted by atomic mass is 9.71.